The lowest BCUT2D eigenvalue weighted by Gasteiger charge is -2.06. The number of amides is 3. The molecule has 0 saturated heterocycles. The third-order valence-corrected chi connectivity index (χ3v) is 4.21. The van der Waals surface area contributed by atoms with Crippen molar-refractivity contribution in [1.82, 2.24) is 20.1 Å². The minimum atomic E-state index is -0.578. The van der Waals surface area contributed by atoms with Crippen LogP contribution in [0.1, 0.15) is 0 Å². The molecule has 0 aliphatic heterocycles. The Morgan fingerprint density at radius 3 is 2.68 bits per heavy atom. The average molecular weight is 357 g/mol. The lowest BCUT2D eigenvalue weighted by Crippen LogP contribution is -2.35. The second kappa shape index (κ2) is 7.67. The van der Waals surface area contributed by atoms with Crippen molar-refractivity contribution >= 4 is 29.4 Å². The minimum Gasteiger partial charge on any atom is -0.461 e. The van der Waals surface area contributed by atoms with E-state index in [1.807, 2.05) is 6.07 Å². The molecular weight excluding hydrogens is 342 g/mol. The number of anilines is 1. The maximum atomic E-state index is 11.9. The van der Waals surface area contributed by atoms with Crippen molar-refractivity contribution < 1.29 is 14.0 Å². The molecule has 2 heterocycles. The van der Waals surface area contributed by atoms with Gasteiger partial charge in [-0.2, -0.15) is 0 Å². The van der Waals surface area contributed by atoms with Crippen molar-refractivity contribution in [2.45, 2.75) is 5.16 Å². The molecule has 3 rings (SSSR count). The number of carbonyl (C=O) groups is 2. The Balaban J connectivity index is 1.52. The molecular formula is C16H15N5O3S. The van der Waals surface area contributed by atoms with E-state index in [1.54, 1.807) is 54.3 Å². The summed E-state index contributed by atoms with van der Waals surface area (Å²) in [5.41, 5.74) is 0.608. The van der Waals surface area contributed by atoms with Crippen molar-refractivity contribution in [1.29, 1.82) is 0 Å². The highest BCUT2D eigenvalue weighted by Gasteiger charge is 2.15. The van der Waals surface area contributed by atoms with Gasteiger partial charge in [-0.25, -0.2) is 4.79 Å². The van der Waals surface area contributed by atoms with Crippen molar-refractivity contribution in [3.8, 4) is 11.6 Å². The van der Waals surface area contributed by atoms with Gasteiger partial charge in [0.15, 0.2) is 16.7 Å². The number of imide groups is 1. The lowest BCUT2D eigenvalue weighted by atomic mass is 10.3. The van der Waals surface area contributed by atoms with E-state index in [0.717, 1.165) is 0 Å². The topological polar surface area (TPSA) is 102 Å². The number of benzene rings is 1. The number of furan rings is 1. The van der Waals surface area contributed by atoms with Gasteiger partial charge >= 0.3 is 6.03 Å². The fraction of sp³-hybridized carbons (Fsp3) is 0.125. The molecule has 0 unspecified atom stereocenters. The molecule has 2 N–H and O–H groups in total. The summed E-state index contributed by atoms with van der Waals surface area (Å²) in [6, 6.07) is 11.8. The number of urea groups is 1. The Kier molecular flexibility index (Phi) is 5.14. The van der Waals surface area contributed by atoms with Crippen LogP contribution >= 0.6 is 11.8 Å². The summed E-state index contributed by atoms with van der Waals surface area (Å²) >= 11 is 1.18. The molecule has 0 aliphatic carbocycles. The van der Waals surface area contributed by atoms with Crippen LogP contribution in [0.15, 0.2) is 58.3 Å². The van der Waals surface area contributed by atoms with Crippen LogP contribution in [0.25, 0.3) is 11.6 Å². The van der Waals surface area contributed by atoms with E-state index in [2.05, 4.69) is 20.8 Å². The second-order valence-corrected chi connectivity index (χ2v) is 5.94. The first-order valence-corrected chi connectivity index (χ1v) is 8.34. The van der Waals surface area contributed by atoms with Gasteiger partial charge in [-0.15, -0.1) is 10.2 Å². The van der Waals surface area contributed by atoms with Gasteiger partial charge in [0.25, 0.3) is 0 Å². The SMILES string of the molecule is Cn1c(SCC(=O)NC(=O)Nc2ccccc2)nnc1-c1ccco1. The maximum absolute atomic E-state index is 11.9. The van der Waals surface area contributed by atoms with Gasteiger partial charge in [-0.05, 0) is 24.3 Å². The Labute approximate surface area is 147 Å². The zero-order chi connectivity index (χ0) is 17.6. The monoisotopic (exact) mass is 357 g/mol. The van der Waals surface area contributed by atoms with Crippen LogP contribution in [0.2, 0.25) is 0 Å². The van der Waals surface area contributed by atoms with Crippen LogP contribution in [0.5, 0.6) is 0 Å². The lowest BCUT2D eigenvalue weighted by molar-refractivity contribution is -0.117. The van der Waals surface area contributed by atoms with E-state index in [9.17, 15) is 9.59 Å². The standard InChI is InChI=1S/C16H15N5O3S/c1-21-14(12-8-5-9-24-12)19-20-16(21)25-10-13(22)18-15(23)17-11-6-3-2-4-7-11/h2-9H,10H2,1H3,(H2,17,18,22,23). The molecule has 0 aliphatic rings. The number of carbonyl (C=O) groups excluding carboxylic acids is 2. The summed E-state index contributed by atoms with van der Waals surface area (Å²) in [6.45, 7) is 0. The van der Waals surface area contributed by atoms with Crippen LogP contribution in [-0.4, -0.2) is 32.5 Å². The first-order chi connectivity index (χ1) is 12.1. The first kappa shape index (κ1) is 16.8. The third kappa shape index (κ3) is 4.27. The number of hydrogen-bond donors (Lipinski definition) is 2. The van der Waals surface area contributed by atoms with E-state index in [1.165, 1.54) is 11.8 Å². The van der Waals surface area contributed by atoms with E-state index >= 15 is 0 Å². The molecule has 0 radical (unpaired) electrons. The molecule has 0 bridgehead atoms. The van der Waals surface area contributed by atoms with E-state index in [-0.39, 0.29) is 5.75 Å². The van der Waals surface area contributed by atoms with Crippen LogP contribution in [0, 0.1) is 0 Å². The average Bonchev–Trinajstić information content (AvgIpc) is 3.23. The van der Waals surface area contributed by atoms with Gasteiger partial charge in [-0.3, -0.25) is 10.1 Å². The molecule has 0 spiro atoms. The van der Waals surface area contributed by atoms with Gasteiger partial charge in [0.2, 0.25) is 5.91 Å². The molecule has 0 atom stereocenters. The van der Waals surface area contributed by atoms with Crippen molar-refractivity contribution in [3.05, 3.63) is 48.7 Å². The minimum absolute atomic E-state index is 0.0341. The third-order valence-electron chi connectivity index (χ3n) is 3.19. The molecule has 9 heteroatoms. The normalized spacial score (nSPS) is 10.4. The smallest absolute Gasteiger partial charge is 0.325 e. The van der Waals surface area contributed by atoms with Gasteiger partial charge in [0, 0.05) is 12.7 Å². The quantitative estimate of drug-likeness (QED) is 0.680. The van der Waals surface area contributed by atoms with Gasteiger partial charge in [-0.1, -0.05) is 30.0 Å². The Bertz CT molecular complexity index is 861. The van der Waals surface area contributed by atoms with Gasteiger partial charge < -0.3 is 14.3 Å². The summed E-state index contributed by atoms with van der Waals surface area (Å²) in [5.74, 6) is 0.760. The predicted molar refractivity (Wildman–Crippen MR) is 93.0 cm³/mol. The number of rotatable bonds is 5. The molecule has 8 nitrogen and oxygen atoms in total. The largest absolute Gasteiger partial charge is 0.461 e. The Morgan fingerprint density at radius 1 is 1.16 bits per heavy atom. The summed E-state index contributed by atoms with van der Waals surface area (Å²) in [5, 5.41) is 13.5. The number of hydrogen-bond acceptors (Lipinski definition) is 6. The fourth-order valence-corrected chi connectivity index (χ4v) is 2.75. The molecule has 128 valence electrons. The zero-order valence-electron chi connectivity index (χ0n) is 13.3. The van der Waals surface area contributed by atoms with Crippen LogP contribution in [0.3, 0.4) is 0 Å². The van der Waals surface area contributed by atoms with Crippen LogP contribution in [-0.2, 0) is 11.8 Å². The summed E-state index contributed by atoms with van der Waals surface area (Å²) < 4.78 is 7.01. The number of thioether (sulfide) groups is 1. The maximum Gasteiger partial charge on any atom is 0.325 e. The van der Waals surface area contributed by atoms with Gasteiger partial charge in [0.05, 0.1) is 12.0 Å². The molecule has 1 aromatic carbocycles. The molecule has 0 fully saturated rings. The first-order valence-electron chi connectivity index (χ1n) is 7.35. The number of nitrogens with zero attached hydrogens (tertiary/aromatic N) is 3. The number of nitrogens with one attached hydrogen (secondary N) is 2. The van der Waals surface area contributed by atoms with Crippen LogP contribution < -0.4 is 10.6 Å². The fourth-order valence-electron chi connectivity index (χ4n) is 2.04. The van der Waals surface area contributed by atoms with E-state index in [0.29, 0.717) is 22.4 Å². The number of aromatic nitrogens is 3. The van der Waals surface area contributed by atoms with E-state index in [4.69, 9.17) is 4.42 Å². The van der Waals surface area contributed by atoms with Crippen LogP contribution in [0.4, 0.5) is 10.5 Å². The molecule has 3 amide bonds. The Hall–Kier alpha value is -3.07. The molecule has 25 heavy (non-hydrogen) atoms. The van der Waals surface area contributed by atoms with E-state index < -0.39 is 11.9 Å². The summed E-state index contributed by atoms with van der Waals surface area (Å²) in [6.07, 6.45) is 1.55. The Morgan fingerprint density at radius 2 is 1.96 bits per heavy atom. The zero-order valence-corrected chi connectivity index (χ0v) is 14.1. The molecule has 0 saturated carbocycles. The van der Waals surface area contributed by atoms with Crippen molar-refractivity contribution in [3.63, 3.8) is 0 Å². The second-order valence-electron chi connectivity index (χ2n) is 5.00. The summed E-state index contributed by atoms with van der Waals surface area (Å²) in [4.78, 5) is 23.7. The van der Waals surface area contributed by atoms with Gasteiger partial charge in [0.1, 0.15) is 0 Å². The summed E-state index contributed by atoms with van der Waals surface area (Å²) in [7, 11) is 1.78. The number of para-hydroxylation sites is 1. The highest BCUT2D eigenvalue weighted by molar-refractivity contribution is 7.99. The predicted octanol–water partition coefficient (Wildman–Crippen LogP) is 2.52. The molecule has 3 aromatic rings. The highest BCUT2D eigenvalue weighted by Crippen LogP contribution is 2.22. The highest BCUT2D eigenvalue weighted by atomic mass is 32.2. The van der Waals surface area contributed by atoms with Crippen molar-refractivity contribution in [2.75, 3.05) is 11.1 Å². The molecule has 2 aromatic heterocycles. The van der Waals surface area contributed by atoms with Crippen molar-refractivity contribution in [2.24, 2.45) is 7.05 Å².